The van der Waals surface area contributed by atoms with Crippen molar-refractivity contribution in [2.24, 2.45) is 7.05 Å². The molecule has 3 rings (SSSR count). The van der Waals surface area contributed by atoms with E-state index < -0.39 is 11.7 Å². The van der Waals surface area contributed by atoms with E-state index in [4.69, 9.17) is 4.84 Å². The minimum absolute atomic E-state index is 0.268. The van der Waals surface area contributed by atoms with Gasteiger partial charge in [-0.3, -0.25) is 9.48 Å². The average molecular weight is 323 g/mol. The Balaban J connectivity index is 1.87. The van der Waals surface area contributed by atoms with Crippen LogP contribution in [0.2, 0.25) is 0 Å². The van der Waals surface area contributed by atoms with Gasteiger partial charge in [0, 0.05) is 24.4 Å². The van der Waals surface area contributed by atoms with Gasteiger partial charge in [0.1, 0.15) is 5.69 Å². The van der Waals surface area contributed by atoms with Gasteiger partial charge in [-0.25, -0.2) is 10.3 Å². The highest BCUT2D eigenvalue weighted by molar-refractivity contribution is 5.93. The van der Waals surface area contributed by atoms with Crippen LogP contribution in [0.3, 0.4) is 0 Å². The molecule has 6 nitrogen and oxygen atoms in total. The first-order valence-corrected chi connectivity index (χ1v) is 7.41. The van der Waals surface area contributed by atoms with Crippen molar-refractivity contribution in [3.8, 4) is 0 Å². The molecule has 0 aliphatic rings. The Morgan fingerprint density at radius 3 is 2.29 bits per heavy atom. The molecular formula is C18H17N3O3. The molecule has 122 valence electrons. The van der Waals surface area contributed by atoms with Crippen molar-refractivity contribution >= 4 is 5.91 Å². The third-order valence-electron chi connectivity index (χ3n) is 3.55. The SMILES string of the molecule is Cn1ccc(C(O)(ONC(=O)c2ccccc2)c2ccccc2)n1. The molecule has 2 N–H and O–H groups in total. The summed E-state index contributed by atoms with van der Waals surface area (Å²) in [5.41, 5.74) is 3.46. The van der Waals surface area contributed by atoms with Crippen molar-refractivity contribution < 1.29 is 14.7 Å². The number of aryl methyl sites for hydroxylation is 1. The molecular weight excluding hydrogens is 306 g/mol. The van der Waals surface area contributed by atoms with E-state index in [1.807, 2.05) is 12.1 Å². The van der Waals surface area contributed by atoms with E-state index in [1.165, 1.54) is 0 Å². The van der Waals surface area contributed by atoms with E-state index in [2.05, 4.69) is 10.6 Å². The molecule has 0 fully saturated rings. The summed E-state index contributed by atoms with van der Waals surface area (Å²) in [7, 11) is 1.73. The predicted molar refractivity (Wildman–Crippen MR) is 87.6 cm³/mol. The molecule has 0 spiro atoms. The Morgan fingerprint density at radius 1 is 1.08 bits per heavy atom. The maximum absolute atomic E-state index is 12.2. The monoisotopic (exact) mass is 323 g/mol. The third kappa shape index (κ3) is 3.19. The predicted octanol–water partition coefficient (Wildman–Crippen LogP) is 1.98. The van der Waals surface area contributed by atoms with Gasteiger partial charge in [-0.1, -0.05) is 48.5 Å². The maximum atomic E-state index is 12.2. The summed E-state index contributed by atoms with van der Waals surface area (Å²) in [4.78, 5) is 17.6. The number of aromatic nitrogens is 2. The van der Waals surface area contributed by atoms with Crippen molar-refractivity contribution in [2.45, 2.75) is 5.79 Å². The first-order chi connectivity index (χ1) is 11.6. The lowest BCUT2D eigenvalue weighted by molar-refractivity contribution is -0.211. The first-order valence-electron chi connectivity index (χ1n) is 7.41. The second-order valence-electron chi connectivity index (χ2n) is 5.28. The molecule has 0 aliphatic heterocycles. The number of hydrogen-bond acceptors (Lipinski definition) is 4. The van der Waals surface area contributed by atoms with Crippen LogP contribution in [-0.2, 0) is 17.7 Å². The molecule has 1 atom stereocenters. The molecule has 3 aromatic rings. The van der Waals surface area contributed by atoms with Gasteiger partial charge in [0.05, 0.1) is 0 Å². The van der Waals surface area contributed by atoms with Gasteiger partial charge in [-0.15, -0.1) is 0 Å². The van der Waals surface area contributed by atoms with E-state index in [1.54, 1.807) is 72.5 Å². The van der Waals surface area contributed by atoms with Crippen LogP contribution < -0.4 is 5.48 Å². The Bertz CT molecular complexity index is 818. The van der Waals surface area contributed by atoms with Crippen LogP contribution in [-0.4, -0.2) is 20.8 Å². The van der Waals surface area contributed by atoms with Gasteiger partial charge in [0.25, 0.3) is 11.7 Å². The van der Waals surface area contributed by atoms with Crippen molar-refractivity contribution in [1.29, 1.82) is 0 Å². The van der Waals surface area contributed by atoms with Gasteiger partial charge in [0.2, 0.25) is 0 Å². The van der Waals surface area contributed by atoms with Crippen LogP contribution in [0.4, 0.5) is 0 Å². The Hall–Kier alpha value is -2.96. The van der Waals surface area contributed by atoms with E-state index in [9.17, 15) is 9.90 Å². The number of nitrogens with one attached hydrogen (secondary N) is 1. The molecule has 1 amide bonds. The van der Waals surface area contributed by atoms with E-state index in [0.29, 0.717) is 11.1 Å². The van der Waals surface area contributed by atoms with E-state index in [-0.39, 0.29) is 5.69 Å². The van der Waals surface area contributed by atoms with Gasteiger partial charge in [-0.2, -0.15) is 5.10 Å². The Morgan fingerprint density at radius 2 is 1.71 bits per heavy atom. The number of carbonyl (C=O) groups is 1. The summed E-state index contributed by atoms with van der Waals surface area (Å²) in [6.07, 6.45) is 1.69. The van der Waals surface area contributed by atoms with Gasteiger partial charge in [0.15, 0.2) is 0 Å². The van der Waals surface area contributed by atoms with Gasteiger partial charge < -0.3 is 5.11 Å². The summed E-state index contributed by atoms with van der Waals surface area (Å²) >= 11 is 0. The molecule has 0 radical (unpaired) electrons. The quantitative estimate of drug-likeness (QED) is 0.556. The minimum atomic E-state index is -1.90. The highest BCUT2D eigenvalue weighted by Gasteiger charge is 2.37. The molecule has 1 heterocycles. The third-order valence-corrected chi connectivity index (χ3v) is 3.55. The Labute approximate surface area is 139 Å². The molecule has 0 saturated heterocycles. The number of aliphatic hydroxyl groups is 1. The van der Waals surface area contributed by atoms with Gasteiger partial charge >= 0.3 is 0 Å². The fourth-order valence-corrected chi connectivity index (χ4v) is 2.29. The molecule has 1 aromatic heterocycles. The molecule has 6 heteroatoms. The lowest BCUT2D eigenvalue weighted by atomic mass is 10.0. The molecule has 2 aromatic carbocycles. The molecule has 1 unspecified atom stereocenters. The Kier molecular flexibility index (Phi) is 4.41. The summed E-state index contributed by atoms with van der Waals surface area (Å²) < 4.78 is 1.55. The fraction of sp³-hybridized carbons (Fsp3) is 0.111. The zero-order valence-electron chi connectivity index (χ0n) is 13.1. The summed E-state index contributed by atoms with van der Waals surface area (Å²) in [5, 5.41) is 15.3. The summed E-state index contributed by atoms with van der Waals surface area (Å²) in [5.74, 6) is -2.35. The highest BCUT2D eigenvalue weighted by Crippen LogP contribution is 2.28. The van der Waals surface area contributed by atoms with Crippen molar-refractivity contribution in [2.75, 3.05) is 0 Å². The average Bonchev–Trinajstić information content (AvgIpc) is 3.08. The normalized spacial score (nSPS) is 13.2. The minimum Gasteiger partial charge on any atom is -0.355 e. The number of carbonyl (C=O) groups excluding carboxylic acids is 1. The van der Waals surface area contributed by atoms with Crippen LogP contribution in [0.5, 0.6) is 0 Å². The number of benzene rings is 2. The van der Waals surface area contributed by atoms with Crippen LogP contribution in [0, 0.1) is 0 Å². The van der Waals surface area contributed by atoms with E-state index >= 15 is 0 Å². The van der Waals surface area contributed by atoms with Crippen molar-refractivity contribution in [1.82, 2.24) is 15.3 Å². The second-order valence-corrected chi connectivity index (χ2v) is 5.28. The number of hydroxylamine groups is 1. The van der Waals surface area contributed by atoms with Crippen LogP contribution in [0.1, 0.15) is 21.6 Å². The van der Waals surface area contributed by atoms with Crippen molar-refractivity contribution in [3.63, 3.8) is 0 Å². The highest BCUT2D eigenvalue weighted by atomic mass is 16.7. The first kappa shape index (κ1) is 15.9. The lowest BCUT2D eigenvalue weighted by Crippen LogP contribution is -2.39. The summed E-state index contributed by atoms with van der Waals surface area (Å²) in [6.45, 7) is 0. The van der Waals surface area contributed by atoms with Gasteiger partial charge in [-0.05, 0) is 18.2 Å². The maximum Gasteiger partial charge on any atom is 0.274 e. The second kappa shape index (κ2) is 6.66. The molecule has 24 heavy (non-hydrogen) atoms. The molecule has 0 saturated carbocycles. The largest absolute Gasteiger partial charge is 0.355 e. The number of amides is 1. The smallest absolute Gasteiger partial charge is 0.274 e. The van der Waals surface area contributed by atoms with Crippen LogP contribution in [0.25, 0.3) is 0 Å². The van der Waals surface area contributed by atoms with E-state index in [0.717, 1.165) is 0 Å². The topological polar surface area (TPSA) is 76.4 Å². The lowest BCUT2D eigenvalue weighted by Gasteiger charge is -2.26. The van der Waals surface area contributed by atoms with Crippen LogP contribution in [0.15, 0.2) is 72.9 Å². The fourth-order valence-electron chi connectivity index (χ4n) is 2.29. The standard InChI is InChI=1S/C18H17N3O3/c1-21-13-12-16(19-21)18(23,15-10-6-3-7-11-15)24-20-17(22)14-8-4-2-5-9-14/h2-13,23H,1H3,(H,20,22). The number of rotatable bonds is 5. The molecule has 0 bridgehead atoms. The summed E-state index contributed by atoms with van der Waals surface area (Å²) in [6, 6.07) is 19.0. The molecule has 0 aliphatic carbocycles. The number of hydrogen-bond donors (Lipinski definition) is 2. The number of nitrogens with zero attached hydrogens (tertiary/aromatic N) is 2. The zero-order chi connectivity index (χ0) is 17.0. The van der Waals surface area contributed by atoms with Crippen LogP contribution >= 0.6 is 0 Å². The van der Waals surface area contributed by atoms with Crippen molar-refractivity contribution in [3.05, 3.63) is 89.7 Å². The zero-order valence-corrected chi connectivity index (χ0v) is 13.1.